The summed E-state index contributed by atoms with van der Waals surface area (Å²) < 4.78 is 38.3. The van der Waals surface area contributed by atoms with Gasteiger partial charge >= 0.3 is 0 Å². The van der Waals surface area contributed by atoms with Gasteiger partial charge in [-0.15, -0.1) is 10.2 Å². The predicted molar refractivity (Wildman–Crippen MR) is 271 cm³/mol. The lowest BCUT2D eigenvalue weighted by Crippen LogP contribution is -2.30. The number of halogens is 1. The van der Waals surface area contributed by atoms with E-state index in [2.05, 4.69) is 25.5 Å². The van der Waals surface area contributed by atoms with Gasteiger partial charge in [0.2, 0.25) is 10.0 Å². The van der Waals surface area contributed by atoms with Gasteiger partial charge in [0, 0.05) is 56.1 Å². The van der Waals surface area contributed by atoms with E-state index in [1.807, 2.05) is 57.2 Å². The number of aryl methyl sites for hydroxylation is 3. The lowest BCUT2D eigenvalue weighted by atomic mass is 10.0. The number of H-pyrrole nitrogens is 2. The molecule has 0 radical (unpaired) electrons. The number of aromatic nitrogens is 2. The molecule has 0 aliphatic heterocycles. The Balaban J connectivity index is 0.000000204. The van der Waals surface area contributed by atoms with Gasteiger partial charge in [0.15, 0.2) is 16.6 Å². The number of carbonyl (C=O) groups is 1. The number of nitrogens with one attached hydrogen (secondary N) is 3. The first kappa shape index (κ1) is 46.9. The fourth-order valence-electron chi connectivity index (χ4n) is 8.10. The fourth-order valence-corrected chi connectivity index (χ4v) is 9.74. The van der Waals surface area contributed by atoms with Crippen molar-refractivity contribution in [1.82, 2.24) is 14.3 Å². The number of hydrogen-bond donors (Lipinski definition) is 4. The maximum atomic E-state index is 13.4. The minimum absolute atomic E-state index is 0.0196. The predicted octanol–water partition coefficient (Wildman–Crippen LogP) is 11.5. The number of aromatic amines is 2. The number of nitrogens with zero attached hydrogens (tertiary/aromatic N) is 3. The number of aromatic hydroxyl groups is 1. The molecule has 0 aliphatic carbocycles. The number of fused-ring (bicyclic) bond motifs is 5. The molecule has 0 saturated carbocycles. The van der Waals surface area contributed by atoms with Crippen molar-refractivity contribution in [3.63, 3.8) is 0 Å². The molecule has 16 heteroatoms. The van der Waals surface area contributed by atoms with Gasteiger partial charge in [0.25, 0.3) is 5.91 Å². The zero-order chi connectivity index (χ0) is 48.6. The summed E-state index contributed by atoms with van der Waals surface area (Å²) in [6.07, 6.45) is 0. The molecule has 7 aromatic carbocycles. The summed E-state index contributed by atoms with van der Waals surface area (Å²) in [6.45, 7) is 9.86. The number of azo groups is 1. The first-order chi connectivity index (χ1) is 32.6. The third kappa shape index (κ3) is 8.86. The lowest BCUT2D eigenvalue weighted by Gasteiger charge is -2.18. The van der Waals surface area contributed by atoms with Crippen LogP contribution in [0.1, 0.15) is 40.9 Å². The largest absolute Gasteiger partial charge is 0.505 e. The minimum atomic E-state index is -3.78. The number of amides is 1. The van der Waals surface area contributed by atoms with Crippen molar-refractivity contribution in [3.8, 4) is 17.2 Å². The third-order valence-electron chi connectivity index (χ3n) is 11.7. The standard InChI is InChI=1S/C30H31ClN4O6S.C22H16N2O2/c1-6-35(7-2)42(38,39)20-12-13-26(40-4)25(16-20)33-34-28-21-11-9-8-10-19(21)15-22(29(28)36)30(37)32-24-17-23(31)18(3)14-27(24)41-5;1-11-3-5-17-13(7-11)21(25)15-9-20-16(10-19(15)23-17)22(26)14-8-12(2)4-6-18(14)24-20/h8-17,36H,6-7H2,1-5H3,(H,32,37);3-10H,1-2H3,(H,23,25)(H,24,26). The zero-order valence-corrected chi connectivity index (χ0v) is 39.8. The summed E-state index contributed by atoms with van der Waals surface area (Å²) in [5.41, 5.74) is 6.12. The molecule has 1 amide bonds. The highest BCUT2D eigenvalue weighted by Crippen LogP contribution is 2.42. The molecule has 0 aliphatic rings. The molecule has 0 atom stereocenters. The lowest BCUT2D eigenvalue weighted by molar-refractivity contribution is 0.102. The molecule has 9 aromatic rings. The van der Waals surface area contributed by atoms with Crippen molar-refractivity contribution >= 4 is 99.0 Å². The number of phenols is 1. The number of rotatable bonds is 10. The second-order valence-corrected chi connectivity index (χ2v) is 18.5. The number of methoxy groups -OCH3 is 2. The molecule has 0 saturated heterocycles. The van der Waals surface area contributed by atoms with Gasteiger partial charge in [-0.25, -0.2) is 8.42 Å². The Bertz CT molecular complexity index is 3660. The second kappa shape index (κ2) is 19.0. The molecule has 0 spiro atoms. The van der Waals surface area contributed by atoms with Gasteiger partial charge in [0.1, 0.15) is 22.9 Å². The molecule has 0 bridgehead atoms. The Morgan fingerprint density at radius 2 is 1.26 bits per heavy atom. The Kier molecular flexibility index (Phi) is 13.1. The van der Waals surface area contributed by atoms with Crippen molar-refractivity contribution in [2.75, 3.05) is 32.6 Å². The van der Waals surface area contributed by atoms with E-state index in [1.165, 1.54) is 36.7 Å². The normalized spacial score (nSPS) is 11.8. The number of carbonyl (C=O) groups excluding carboxylic acids is 1. The van der Waals surface area contributed by atoms with Crippen molar-refractivity contribution in [2.24, 2.45) is 10.2 Å². The van der Waals surface area contributed by atoms with Crippen LogP contribution in [0.15, 0.2) is 134 Å². The number of hydrogen-bond acceptors (Lipinski definition) is 10. The summed E-state index contributed by atoms with van der Waals surface area (Å²) >= 11 is 6.27. The average molecular weight is 952 g/mol. The van der Waals surface area contributed by atoms with Gasteiger partial charge in [-0.1, -0.05) is 73.0 Å². The van der Waals surface area contributed by atoms with Gasteiger partial charge < -0.3 is 29.9 Å². The first-order valence-electron chi connectivity index (χ1n) is 21.6. The molecule has 346 valence electrons. The van der Waals surface area contributed by atoms with E-state index in [9.17, 15) is 27.9 Å². The number of ether oxygens (including phenoxy) is 2. The quantitative estimate of drug-likeness (QED) is 0.0767. The average Bonchev–Trinajstić information content (AvgIpc) is 3.33. The summed E-state index contributed by atoms with van der Waals surface area (Å²) in [5.74, 6) is -0.369. The van der Waals surface area contributed by atoms with Crippen molar-refractivity contribution in [2.45, 2.75) is 39.5 Å². The van der Waals surface area contributed by atoms with E-state index in [0.29, 0.717) is 72.9 Å². The van der Waals surface area contributed by atoms with Crippen molar-refractivity contribution in [3.05, 3.63) is 157 Å². The number of phenolic OH excluding ortho intramolecular Hbond substituents is 1. The SMILES string of the molecule is CCN(CC)S(=O)(=O)c1ccc(OC)c(N=Nc2c(O)c(C(=O)Nc3cc(Cl)c(C)cc3OC)cc3ccccc23)c1.Cc1ccc2[nH]c3cc4c(=O)c5cc(C)ccc5[nH]c4cc3c(=O)c2c1. The highest BCUT2D eigenvalue weighted by atomic mass is 35.5. The molecule has 2 aromatic heterocycles. The van der Waals surface area contributed by atoms with Crippen LogP contribution < -0.4 is 25.6 Å². The Hall–Kier alpha value is -7.59. The molecule has 0 fully saturated rings. The van der Waals surface area contributed by atoms with Gasteiger partial charge in [0.05, 0.1) is 41.4 Å². The summed E-state index contributed by atoms with van der Waals surface area (Å²) in [4.78, 5) is 46.0. The van der Waals surface area contributed by atoms with Gasteiger partial charge in [-0.05, 0) is 105 Å². The Morgan fingerprint density at radius 3 is 1.84 bits per heavy atom. The molecule has 9 rings (SSSR count). The molecule has 0 unspecified atom stereocenters. The van der Waals surface area contributed by atoms with Crippen LogP contribution in [0, 0.1) is 20.8 Å². The number of benzene rings is 7. The topological polar surface area (TPSA) is 196 Å². The second-order valence-electron chi connectivity index (χ2n) is 16.2. The van der Waals surface area contributed by atoms with E-state index < -0.39 is 21.7 Å². The maximum absolute atomic E-state index is 13.4. The van der Waals surface area contributed by atoms with Crippen LogP contribution in [0.2, 0.25) is 5.02 Å². The van der Waals surface area contributed by atoms with Gasteiger partial charge in [-0.2, -0.15) is 4.31 Å². The third-order valence-corrected chi connectivity index (χ3v) is 14.2. The highest BCUT2D eigenvalue weighted by molar-refractivity contribution is 7.89. The van der Waals surface area contributed by atoms with Crippen LogP contribution in [-0.2, 0) is 10.0 Å². The summed E-state index contributed by atoms with van der Waals surface area (Å²) in [5, 5.41) is 26.6. The maximum Gasteiger partial charge on any atom is 0.259 e. The van der Waals surface area contributed by atoms with E-state index in [4.69, 9.17) is 21.1 Å². The van der Waals surface area contributed by atoms with Crippen molar-refractivity contribution < 1.29 is 27.8 Å². The Labute approximate surface area is 395 Å². The fraction of sp³-hybridized carbons (Fsp3) is 0.173. The zero-order valence-electron chi connectivity index (χ0n) is 38.2. The monoisotopic (exact) mass is 950 g/mol. The van der Waals surface area contributed by atoms with Crippen LogP contribution in [0.3, 0.4) is 0 Å². The van der Waals surface area contributed by atoms with Crippen LogP contribution in [-0.4, -0.2) is 61.0 Å². The van der Waals surface area contributed by atoms with Crippen LogP contribution >= 0.6 is 11.6 Å². The van der Waals surface area contributed by atoms with E-state index >= 15 is 0 Å². The molecule has 68 heavy (non-hydrogen) atoms. The number of sulfonamides is 1. The molecular weight excluding hydrogens is 904 g/mol. The Morgan fingerprint density at radius 1 is 0.691 bits per heavy atom. The molecule has 2 heterocycles. The van der Waals surface area contributed by atoms with Crippen LogP contribution in [0.4, 0.5) is 17.1 Å². The van der Waals surface area contributed by atoms with Crippen LogP contribution in [0.25, 0.3) is 54.4 Å². The van der Waals surface area contributed by atoms with Crippen LogP contribution in [0.5, 0.6) is 17.2 Å². The van der Waals surface area contributed by atoms with E-state index in [0.717, 1.165) is 27.7 Å². The molecule has 14 nitrogen and oxygen atoms in total. The minimum Gasteiger partial charge on any atom is -0.505 e. The summed E-state index contributed by atoms with van der Waals surface area (Å²) in [7, 11) is -0.880. The van der Waals surface area contributed by atoms with Crippen molar-refractivity contribution in [1.29, 1.82) is 0 Å². The number of pyridine rings is 2. The smallest absolute Gasteiger partial charge is 0.259 e. The van der Waals surface area contributed by atoms with E-state index in [-0.39, 0.29) is 38.4 Å². The van der Waals surface area contributed by atoms with Gasteiger partial charge in [-0.3, -0.25) is 14.4 Å². The molecular formula is C52H47ClN6O8S. The summed E-state index contributed by atoms with van der Waals surface area (Å²) in [6, 6.07) is 31.2. The first-order valence-corrected chi connectivity index (χ1v) is 23.4. The highest BCUT2D eigenvalue weighted by Gasteiger charge is 2.24. The molecule has 4 N–H and O–H groups in total. The number of anilines is 1. The van der Waals surface area contributed by atoms with E-state index in [1.54, 1.807) is 68.4 Å².